The van der Waals surface area contributed by atoms with Gasteiger partial charge in [0.15, 0.2) is 6.20 Å². The maximum Gasteiger partial charge on any atom is 0.282 e. The minimum absolute atomic E-state index is 0. The molecule has 0 aliphatic heterocycles. The van der Waals surface area contributed by atoms with Crippen molar-refractivity contribution in [2.24, 2.45) is 0 Å². The molecular formula is C27H52BrNO3Si. The van der Waals surface area contributed by atoms with E-state index in [2.05, 4.69) is 35.9 Å². The first-order valence-electron chi connectivity index (χ1n) is 13.3. The number of aromatic nitrogens is 1. The molecule has 1 atom stereocenters. The standard InChI is InChI=1S/C27H52NO3Si.BrH/c1-5-6-7-8-9-10-11-12-13-14-15-16-17-19-22-28-23-20-18-21-25(28)27(30-3,31-4)26(24-32)29-2;/h18,20-21,23,26H,5-17,19,22,24H2,1-4,32H3;1H/q+1;/p-1. The first-order valence-corrected chi connectivity index (χ1v) is 14.7. The third kappa shape index (κ3) is 11.8. The second-order valence-corrected chi connectivity index (χ2v) is 9.90. The van der Waals surface area contributed by atoms with Crippen LogP contribution in [0.15, 0.2) is 24.4 Å². The summed E-state index contributed by atoms with van der Waals surface area (Å²) in [6, 6.07) is 7.21. The quantitative estimate of drug-likeness (QED) is 0.103. The van der Waals surface area contributed by atoms with Gasteiger partial charge in [-0.25, -0.2) is 0 Å². The van der Waals surface area contributed by atoms with Gasteiger partial charge in [0.25, 0.3) is 5.79 Å². The SMILES string of the molecule is CCCCCCCCCCCCCCCC[n+]1ccccc1C(OC)(OC)C(C[SiH3])OC.[Br-]. The summed E-state index contributed by atoms with van der Waals surface area (Å²) in [7, 11) is 6.21. The molecule has 0 saturated carbocycles. The monoisotopic (exact) mass is 545 g/mol. The van der Waals surface area contributed by atoms with Gasteiger partial charge in [0, 0.05) is 50.1 Å². The maximum absolute atomic E-state index is 5.94. The van der Waals surface area contributed by atoms with E-state index >= 15 is 0 Å². The maximum atomic E-state index is 5.94. The molecule has 0 aliphatic rings. The Labute approximate surface area is 218 Å². The second-order valence-electron chi connectivity index (χ2n) is 9.08. The number of aryl methyl sites for hydroxylation is 1. The number of hydrogen-bond acceptors (Lipinski definition) is 3. The molecular weight excluding hydrogens is 494 g/mol. The zero-order chi connectivity index (χ0) is 23.5. The van der Waals surface area contributed by atoms with Crippen LogP contribution in [-0.4, -0.2) is 37.7 Å². The predicted octanol–water partition coefficient (Wildman–Crippen LogP) is 2.70. The molecule has 0 aromatic carbocycles. The smallest absolute Gasteiger partial charge is 0.282 e. The van der Waals surface area contributed by atoms with Crippen LogP contribution in [0.1, 0.15) is 103 Å². The molecule has 1 rings (SSSR count). The fraction of sp³-hybridized carbons (Fsp3) is 0.815. The molecule has 6 heteroatoms. The molecule has 1 heterocycles. The molecule has 1 unspecified atom stereocenters. The van der Waals surface area contributed by atoms with Gasteiger partial charge in [-0.15, -0.1) is 0 Å². The molecule has 0 amide bonds. The summed E-state index contributed by atoms with van der Waals surface area (Å²) in [6.07, 6.45) is 21.4. The van der Waals surface area contributed by atoms with Crippen molar-refractivity contribution in [2.75, 3.05) is 21.3 Å². The lowest BCUT2D eigenvalue weighted by molar-refractivity contribution is -0.716. The van der Waals surface area contributed by atoms with Crippen LogP contribution in [0.3, 0.4) is 0 Å². The van der Waals surface area contributed by atoms with Gasteiger partial charge in [0.05, 0.1) is 0 Å². The van der Waals surface area contributed by atoms with Crippen molar-refractivity contribution in [3.05, 3.63) is 30.1 Å². The average molecular weight is 547 g/mol. The minimum atomic E-state index is -0.853. The van der Waals surface area contributed by atoms with E-state index in [4.69, 9.17) is 14.2 Å². The summed E-state index contributed by atoms with van der Waals surface area (Å²) >= 11 is 0. The van der Waals surface area contributed by atoms with E-state index in [1.165, 1.54) is 89.9 Å². The summed E-state index contributed by atoms with van der Waals surface area (Å²) in [4.78, 5) is 0. The van der Waals surface area contributed by atoms with Crippen molar-refractivity contribution in [1.29, 1.82) is 0 Å². The highest BCUT2D eigenvalue weighted by atomic mass is 79.9. The van der Waals surface area contributed by atoms with Crippen LogP contribution >= 0.6 is 0 Å². The summed E-state index contributed by atoms with van der Waals surface area (Å²) in [5.74, 6) is -0.853. The van der Waals surface area contributed by atoms with E-state index in [0.717, 1.165) is 28.5 Å². The van der Waals surface area contributed by atoms with Crippen LogP contribution < -0.4 is 21.5 Å². The van der Waals surface area contributed by atoms with Crippen LogP contribution in [0.4, 0.5) is 0 Å². The van der Waals surface area contributed by atoms with Crippen molar-refractivity contribution in [3.63, 3.8) is 0 Å². The largest absolute Gasteiger partial charge is 1.00 e. The van der Waals surface area contributed by atoms with Crippen LogP contribution in [-0.2, 0) is 26.5 Å². The van der Waals surface area contributed by atoms with E-state index in [9.17, 15) is 0 Å². The van der Waals surface area contributed by atoms with E-state index in [1.54, 1.807) is 21.3 Å². The third-order valence-electron chi connectivity index (χ3n) is 6.74. The number of hydrogen-bond donors (Lipinski definition) is 0. The Morgan fingerprint density at radius 1 is 0.788 bits per heavy atom. The molecule has 4 nitrogen and oxygen atoms in total. The van der Waals surface area contributed by atoms with Gasteiger partial charge in [-0.3, -0.25) is 0 Å². The average Bonchev–Trinajstić information content (AvgIpc) is 2.83. The van der Waals surface area contributed by atoms with Crippen molar-refractivity contribution in [1.82, 2.24) is 0 Å². The molecule has 0 N–H and O–H groups in total. The molecule has 1 aromatic heterocycles. The van der Waals surface area contributed by atoms with Gasteiger partial charge in [-0.2, -0.15) is 4.57 Å². The van der Waals surface area contributed by atoms with Crippen molar-refractivity contribution < 1.29 is 35.8 Å². The van der Waals surface area contributed by atoms with E-state index in [-0.39, 0.29) is 23.1 Å². The number of unbranched alkanes of at least 4 members (excludes halogenated alkanes) is 13. The number of methoxy groups -OCH3 is 3. The van der Waals surface area contributed by atoms with E-state index in [1.807, 2.05) is 0 Å². The Balaban J connectivity index is 0.0000102. The lowest BCUT2D eigenvalue weighted by atomic mass is 10.0. The first-order chi connectivity index (χ1) is 15.7. The molecule has 33 heavy (non-hydrogen) atoms. The summed E-state index contributed by atoms with van der Waals surface area (Å²) in [6.45, 7) is 3.27. The van der Waals surface area contributed by atoms with Crippen molar-refractivity contribution >= 4 is 10.2 Å². The fourth-order valence-corrected chi connectivity index (χ4v) is 5.65. The lowest BCUT2D eigenvalue weighted by Gasteiger charge is -2.34. The highest BCUT2D eigenvalue weighted by Gasteiger charge is 2.47. The molecule has 0 bridgehead atoms. The Morgan fingerprint density at radius 3 is 1.70 bits per heavy atom. The Kier molecular flexibility index (Phi) is 20.9. The van der Waals surface area contributed by atoms with Crippen LogP contribution in [0, 0.1) is 0 Å². The number of nitrogens with zero attached hydrogens (tertiary/aromatic N) is 1. The summed E-state index contributed by atoms with van der Waals surface area (Å²) < 4.78 is 19.9. The summed E-state index contributed by atoms with van der Waals surface area (Å²) in [5, 5.41) is 0. The topological polar surface area (TPSA) is 31.6 Å². The zero-order valence-corrected chi connectivity index (χ0v) is 25.8. The third-order valence-corrected chi connectivity index (χ3v) is 7.48. The van der Waals surface area contributed by atoms with Crippen LogP contribution in [0.25, 0.3) is 0 Å². The molecule has 194 valence electrons. The lowest BCUT2D eigenvalue weighted by Crippen LogP contribution is -3.00. The van der Waals surface area contributed by atoms with Crippen LogP contribution in [0.5, 0.6) is 0 Å². The highest BCUT2D eigenvalue weighted by molar-refractivity contribution is 6.08. The fourth-order valence-electron chi connectivity index (χ4n) is 4.78. The van der Waals surface area contributed by atoms with Gasteiger partial charge >= 0.3 is 0 Å². The van der Waals surface area contributed by atoms with Gasteiger partial charge in [0.2, 0.25) is 5.69 Å². The van der Waals surface area contributed by atoms with Gasteiger partial charge in [-0.1, -0.05) is 84.0 Å². The van der Waals surface area contributed by atoms with E-state index in [0.29, 0.717) is 0 Å². The highest BCUT2D eigenvalue weighted by Crippen LogP contribution is 2.31. The Hall–Kier alpha value is -0.273. The Bertz CT molecular complexity index is 568. The Morgan fingerprint density at radius 2 is 1.27 bits per heavy atom. The van der Waals surface area contributed by atoms with Gasteiger partial charge in [-0.05, 0) is 18.5 Å². The van der Waals surface area contributed by atoms with Crippen molar-refractivity contribution in [3.8, 4) is 0 Å². The number of ether oxygens (including phenoxy) is 3. The van der Waals surface area contributed by atoms with Crippen molar-refractivity contribution in [2.45, 2.75) is 121 Å². The predicted molar refractivity (Wildman–Crippen MR) is 138 cm³/mol. The second kappa shape index (κ2) is 21.0. The van der Waals surface area contributed by atoms with Gasteiger partial charge in [0.1, 0.15) is 12.6 Å². The molecule has 0 saturated heterocycles. The van der Waals surface area contributed by atoms with E-state index < -0.39 is 5.79 Å². The molecule has 0 fully saturated rings. The molecule has 1 aromatic rings. The van der Waals surface area contributed by atoms with Crippen LogP contribution in [0.2, 0.25) is 6.04 Å². The van der Waals surface area contributed by atoms with Gasteiger partial charge < -0.3 is 31.2 Å². The number of rotatable bonds is 21. The molecule has 0 spiro atoms. The zero-order valence-electron chi connectivity index (χ0n) is 22.3. The number of pyridine rings is 1. The molecule has 0 radical (unpaired) electrons. The first kappa shape index (κ1) is 32.7. The normalized spacial score (nSPS) is 12.6. The number of halogens is 1. The molecule has 0 aliphatic carbocycles. The summed E-state index contributed by atoms with van der Waals surface area (Å²) in [5.41, 5.74) is 1.04. The minimum Gasteiger partial charge on any atom is -1.00 e.